The minimum Gasteiger partial charge on any atom is -0.508 e. The molecule has 1 rings (SSSR count). The van der Waals surface area contributed by atoms with Crippen LogP contribution in [0.5, 0.6) is 5.75 Å². The number of phenolic OH excluding ortho intramolecular Hbond substituents is 1. The van der Waals surface area contributed by atoms with E-state index in [2.05, 4.69) is 4.74 Å². The quantitative estimate of drug-likeness (QED) is 0.507. The largest absolute Gasteiger partial charge is 0.508 e. The zero-order valence-corrected chi connectivity index (χ0v) is 8.99. The van der Waals surface area contributed by atoms with Gasteiger partial charge < -0.3 is 20.1 Å². The second-order valence-corrected chi connectivity index (χ2v) is 3.28. The fourth-order valence-electron chi connectivity index (χ4n) is 1.28. The van der Waals surface area contributed by atoms with Gasteiger partial charge in [-0.2, -0.15) is 5.26 Å². The second-order valence-electron chi connectivity index (χ2n) is 3.28. The molecule has 2 unspecified atom stereocenters. The number of methoxy groups -OCH3 is 1. The molecule has 0 aromatic heterocycles. The maximum Gasteiger partial charge on any atom is 0.337 e. The minimum absolute atomic E-state index is 0.101. The number of aliphatic hydroxyl groups excluding tert-OH is 2. The molecule has 90 valence electrons. The molecule has 0 aliphatic carbocycles. The molecule has 0 aliphatic heterocycles. The highest BCUT2D eigenvalue weighted by Gasteiger charge is 2.22. The van der Waals surface area contributed by atoms with Crippen LogP contribution in [-0.4, -0.2) is 34.5 Å². The first-order valence-corrected chi connectivity index (χ1v) is 4.68. The predicted octanol–water partition coefficient (Wildman–Crippen LogP) is 0.0967. The van der Waals surface area contributed by atoms with Crippen LogP contribution in [0, 0.1) is 11.3 Å². The normalized spacial score (nSPS) is 13.5. The molecule has 0 bridgehead atoms. The molecule has 17 heavy (non-hydrogen) atoms. The van der Waals surface area contributed by atoms with Crippen LogP contribution >= 0.6 is 0 Å². The van der Waals surface area contributed by atoms with Gasteiger partial charge in [0.05, 0.1) is 18.7 Å². The number of ether oxygens (including phenoxy) is 1. The summed E-state index contributed by atoms with van der Waals surface area (Å²) >= 11 is 0. The molecule has 0 amide bonds. The van der Waals surface area contributed by atoms with Gasteiger partial charge in [0, 0.05) is 5.56 Å². The van der Waals surface area contributed by atoms with E-state index in [1.165, 1.54) is 25.3 Å². The number of carbonyl (C=O) groups is 1. The molecular formula is C11H11NO5. The lowest BCUT2D eigenvalue weighted by Gasteiger charge is -2.14. The zero-order valence-electron chi connectivity index (χ0n) is 8.99. The van der Waals surface area contributed by atoms with E-state index in [9.17, 15) is 15.0 Å². The van der Waals surface area contributed by atoms with Crippen LogP contribution in [0.1, 0.15) is 22.0 Å². The summed E-state index contributed by atoms with van der Waals surface area (Å²) in [5, 5.41) is 36.6. The average Bonchev–Trinajstić information content (AvgIpc) is 2.36. The van der Waals surface area contributed by atoms with Gasteiger partial charge in [0.25, 0.3) is 0 Å². The van der Waals surface area contributed by atoms with Crippen molar-refractivity contribution in [2.45, 2.75) is 12.2 Å². The Kier molecular flexibility index (Phi) is 4.04. The summed E-state index contributed by atoms with van der Waals surface area (Å²) < 4.78 is 4.47. The van der Waals surface area contributed by atoms with E-state index < -0.39 is 18.2 Å². The molecule has 6 heteroatoms. The highest BCUT2D eigenvalue weighted by molar-refractivity contribution is 5.89. The molecule has 6 nitrogen and oxygen atoms in total. The monoisotopic (exact) mass is 237 g/mol. The number of phenols is 1. The van der Waals surface area contributed by atoms with Crippen LogP contribution in [0.3, 0.4) is 0 Å². The molecule has 0 saturated heterocycles. The summed E-state index contributed by atoms with van der Waals surface area (Å²) in [5.74, 6) is -0.968. The first-order chi connectivity index (χ1) is 8.01. The van der Waals surface area contributed by atoms with Gasteiger partial charge >= 0.3 is 5.97 Å². The molecule has 0 spiro atoms. The Balaban J connectivity index is 3.15. The van der Waals surface area contributed by atoms with Crippen molar-refractivity contribution in [2.24, 2.45) is 0 Å². The van der Waals surface area contributed by atoms with Gasteiger partial charge in [0.2, 0.25) is 0 Å². The van der Waals surface area contributed by atoms with E-state index in [1.54, 1.807) is 0 Å². The molecule has 2 atom stereocenters. The van der Waals surface area contributed by atoms with E-state index in [0.29, 0.717) is 0 Å². The van der Waals surface area contributed by atoms with E-state index in [0.717, 1.165) is 6.07 Å². The van der Waals surface area contributed by atoms with Crippen LogP contribution < -0.4 is 0 Å². The molecular weight excluding hydrogens is 226 g/mol. The third-order valence-electron chi connectivity index (χ3n) is 2.20. The number of hydrogen-bond donors (Lipinski definition) is 3. The number of esters is 1. The van der Waals surface area contributed by atoms with Crippen LogP contribution in [0.4, 0.5) is 0 Å². The first-order valence-electron chi connectivity index (χ1n) is 4.68. The van der Waals surface area contributed by atoms with Crippen molar-refractivity contribution in [1.82, 2.24) is 0 Å². The predicted molar refractivity (Wildman–Crippen MR) is 56.0 cm³/mol. The van der Waals surface area contributed by atoms with Gasteiger partial charge in [-0.3, -0.25) is 0 Å². The number of benzene rings is 1. The number of hydrogen-bond acceptors (Lipinski definition) is 6. The molecule has 1 aromatic carbocycles. The van der Waals surface area contributed by atoms with Crippen LogP contribution in [0.2, 0.25) is 0 Å². The second kappa shape index (κ2) is 5.30. The molecule has 1 aromatic rings. The average molecular weight is 237 g/mol. The topological polar surface area (TPSA) is 111 Å². The molecule has 0 radical (unpaired) electrons. The third-order valence-corrected chi connectivity index (χ3v) is 2.20. The van der Waals surface area contributed by atoms with Crippen LogP contribution in [0.25, 0.3) is 0 Å². The summed E-state index contributed by atoms with van der Waals surface area (Å²) in [5.41, 5.74) is -0.00793. The lowest BCUT2D eigenvalue weighted by molar-refractivity contribution is 0.0506. The molecule has 3 N–H and O–H groups in total. The first kappa shape index (κ1) is 13.0. The zero-order chi connectivity index (χ0) is 13.0. The van der Waals surface area contributed by atoms with Gasteiger partial charge in [0.15, 0.2) is 6.10 Å². The Morgan fingerprint density at radius 2 is 2.12 bits per heavy atom. The standard InChI is InChI=1S/C11H11NO5/c1-17-11(16)6-2-3-8(13)7(4-6)10(15)9(14)5-12/h2-4,9-10,13-15H,1H3. The van der Waals surface area contributed by atoms with Crippen molar-refractivity contribution >= 4 is 5.97 Å². The molecule has 0 fully saturated rings. The van der Waals surface area contributed by atoms with E-state index >= 15 is 0 Å². The summed E-state index contributed by atoms with van der Waals surface area (Å²) in [6, 6.07) is 5.07. The number of carbonyl (C=O) groups excluding carboxylic acids is 1. The van der Waals surface area contributed by atoms with E-state index in [-0.39, 0.29) is 16.9 Å². The van der Waals surface area contributed by atoms with Gasteiger partial charge in [0.1, 0.15) is 11.9 Å². The number of nitrogens with zero attached hydrogens (tertiary/aromatic N) is 1. The number of nitriles is 1. The van der Waals surface area contributed by atoms with Gasteiger partial charge in [-0.05, 0) is 18.2 Å². The Hall–Kier alpha value is -2.10. The molecule has 0 saturated carbocycles. The van der Waals surface area contributed by atoms with Crippen molar-refractivity contribution in [2.75, 3.05) is 7.11 Å². The fraction of sp³-hybridized carbons (Fsp3) is 0.273. The lowest BCUT2D eigenvalue weighted by atomic mass is 10.0. The van der Waals surface area contributed by atoms with Gasteiger partial charge in [-0.1, -0.05) is 0 Å². The highest BCUT2D eigenvalue weighted by atomic mass is 16.5. The van der Waals surface area contributed by atoms with Gasteiger partial charge in [-0.25, -0.2) is 4.79 Å². The van der Waals surface area contributed by atoms with E-state index in [4.69, 9.17) is 10.4 Å². The Morgan fingerprint density at radius 3 is 2.65 bits per heavy atom. The summed E-state index contributed by atoms with van der Waals surface area (Å²) in [6.07, 6.45) is -3.28. The Labute approximate surface area is 97.3 Å². The fourth-order valence-corrected chi connectivity index (χ4v) is 1.28. The summed E-state index contributed by atoms with van der Waals surface area (Å²) in [6.45, 7) is 0. The SMILES string of the molecule is COC(=O)c1ccc(O)c(C(O)C(O)C#N)c1. The number of aromatic hydroxyl groups is 1. The van der Waals surface area contributed by atoms with Crippen molar-refractivity contribution in [1.29, 1.82) is 5.26 Å². The number of rotatable bonds is 3. The summed E-state index contributed by atoms with van der Waals surface area (Å²) in [7, 11) is 1.19. The van der Waals surface area contributed by atoms with Crippen molar-refractivity contribution in [3.8, 4) is 11.8 Å². The minimum atomic E-state index is -1.69. The lowest BCUT2D eigenvalue weighted by Crippen LogP contribution is -2.16. The maximum atomic E-state index is 11.2. The Bertz CT molecular complexity index is 465. The van der Waals surface area contributed by atoms with Gasteiger partial charge in [-0.15, -0.1) is 0 Å². The van der Waals surface area contributed by atoms with Crippen molar-refractivity contribution in [3.05, 3.63) is 29.3 Å². The smallest absolute Gasteiger partial charge is 0.337 e. The van der Waals surface area contributed by atoms with Crippen LogP contribution in [0.15, 0.2) is 18.2 Å². The maximum absolute atomic E-state index is 11.2. The van der Waals surface area contributed by atoms with Crippen molar-refractivity contribution < 1.29 is 24.9 Å². The van der Waals surface area contributed by atoms with Crippen LogP contribution in [-0.2, 0) is 4.74 Å². The van der Waals surface area contributed by atoms with Crippen molar-refractivity contribution in [3.63, 3.8) is 0 Å². The highest BCUT2D eigenvalue weighted by Crippen LogP contribution is 2.27. The Morgan fingerprint density at radius 1 is 1.47 bits per heavy atom. The third kappa shape index (κ3) is 2.72. The van der Waals surface area contributed by atoms with E-state index in [1.807, 2.05) is 0 Å². The molecule has 0 heterocycles. The number of aliphatic hydroxyl groups is 2. The summed E-state index contributed by atoms with van der Waals surface area (Å²) in [4.78, 5) is 11.2. The molecule has 0 aliphatic rings.